The summed E-state index contributed by atoms with van der Waals surface area (Å²) in [7, 11) is 0. The normalized spacial score (nSPS) is 9.73. The smallest absolute Gasteiger partial charge is 0.336 e. The van der Waals surface area contributed by atoms with Crippen molar-refractivity contribution in [2.45, 2.75) is 0 Å². The molecule has 15 heavy (non-hydrogen) atoms. The van der Waals surface area contributed by atoms with Crippen LogP contribution in [0.2, 0.25) is 0 Å². The summed E-state index contributed by atoms with van der Waals surface area (Å²) in [5, 5.41) is 6.98. The first kappa shape index (κ1) is 11.7. The zero-order valence-electron chi connectivity index (χ0n) is 7.16. The number of carboxylic acids is 1. The standard InChI is InChI=1S/C9H4Cl2O4/c10-7(12)4-1-2-5(9(14)15)6(3-4)8(11)13/h1-3H,(H,14,15). The summed E-state index contributed by atoms with van der Waals surface area (Å²) in [5.74, 6) is -1.30. The van der Waals surface area contributed by atoms with Gasteiger partial charge >= 0.3 is 5.97 Å². The molecule has 78 valence electrons. The Morgan fingerprint density at radius 2 is 1.60 bits per heavy atom. The second-order valence-electron chi connectivity index (χ2n) is 2.61. The lowest BCUT2D eigenvalue weighted by atomic mass is 10.1. The third-order valence-electron chi connectivity index (χ3n) is 1.69. The van der Waals surface area contributed by atoms with E-state index in [-0.39, 0.29) is 16.7 Å². The average molecular weight is 247 g/mol. The molecule has 0 fully saturated rings. The summed E-state index contributed by atoms with van der Waals surface area (Å²) in [6, 6.07) is 3.36. The van der Waals surface area contributed by atoms with Gasteiger partial charge in [0, 0.05) is 11.1 Å². The van der Waals surface area contributed by atoms with Gasteiger partial charge in [-0.05, 0) is 41.4 Å². The molecule has 0 heterocycles. The van der Waals surface area contributed by atoms with Crippen LogP contribution in [0.5, 0.6) is 0 Å². The van der Waals surface area contributed by atoms with Gasteiger partial charge in [-0.25, -0.2) is 4.79 Å². The highest BCUT2D eigenvalue weighted by Crippen LogP contribution is 2.16. The molecule has 1 aromatic carbocycles. The number of carboxylic acid groups (broad SMARTS) is 1. The van der Waals surface area contributed by atoms with Crippen LogP contribution in [0.3, 0.4) is 0 Å². The fourth-order valence-corrected chi connectivity index (χ4v) is 1.29. The van der Waals surface area contributed by atoms with E-state index in [4.69, 9.17) is 28.3 Å². The minimum absolute atomic E-state index is 0.0191. The fourth-order valence-electron chi connectivity index (χ4n) is 1.02. The van der Waals surface area contributed by atoms with E-state index in [2.05, 4.69) is 0 Å². The number of aromatic carboxylic acids is 1. The molecule has 0 aliphatic carbocycles. The summed E-state index contributed by atoms with van der Waals surface area (Å²) in [6.07, 6.45) is 0. The quantitative estimate of drug-likeness (QED) is 0.830. The van der Waals surface area contributed by atoms with E-state index in [1.165, 1.54) is 6.07 Å². The Hall–Kier alpha value is -1.39. The van der Waals surface area contributed by atoms with Crippen molar-refractivity contribution in [3.63, 3.8) is 0 Å². The van der Waals surface area contributed by atoms with Crippen LogP contribution in [-0.4, -0.2) is 21.6 Å². The van der Waals surface area contributed by atoms with E-state index in [0.29, 0.717) is 0 Å². The molecule has 0 saturated heterocycles. The van der Waals surface area contributed by atoms with Crippen molar-refractivity contribution >= 4 is 39.7 Å². The Bertz CT molecular complexity index is 453. The molecular weight excluding hydrogens is 243 g/mol. The Morgan fingerprint density at radius 1 is 1.00 bits per heavy atom. The first-order chi connectivity index (χ1) is 6.93. The molecule has 0 bridgehead atoms. The maximum atomic E-state index is 10.9. The molecule has 1 aromatic rings. The highest BCUT2D eigenvalue weighted by molar-refractivity contribution is 6.69. The molecule has 0 aliphatic rings. The van der Waals surface area contributed by atoms with Gasteiger partial charge in [0.15, 0.2) is 0 Å². The maximum Gasteiger partial charge on any atom is 0.336 e. The lowest BCUT2D eigenvalue weighted by Gasteiger charge is -2.02. The van der Waals surface area contributed by atoms with E-state index >= 15 is 0 Å². The van der Waals surface area contributed by atoms with Crippen molar-refractivity contribution in [3.8, 4) is 0 Å². The highest BCUT2D eigenvalue weighted by atomic mass is 35.5. The molecule has 1 N–H and O–H groups in total. The molecule has 0 aliphatic heterocycles. The van der Waals surface area contributed by atoms with Gasteiger partial charge in [0.2, 0.25) is 0 Å². The van der Waals surface area contributed by atoms with Crippen LogP contribution in [0.15, 0.2) is 18.2 Å². The van der Waals surface area contributed by atoms with Gasteiger partial charge in [-0.1, -0.05) is 0 Å². The zero-order chi connectivity index (χ0) is 11.6. The molecule has 0 radical (unpaired) electrons. The molecule has 0 saturated carbocycles. The summed E-state index contributed by atoms with van der Waals surface area (Å²) in [4.78, 5) is 32.3. The van der Waals surface area contributed by atoms with Crippen molar-refractivity contribution < 1.29 is 19.5 Å². The number of carbonyl (C=O) groups excluding carboxylic acids is 2. The van der Waals surface area contributed by atoms with Crippen molar-refractivity contribution in [1.29, 1.82) is 0 Å². The van der Waals surface area contributed by atoms with Crippen LogP contribution >= 0.6 is 23.2 Å². The first-order valence-electron chi connectivity index (χ1n) is 3.70. The topological polar surface area (TPSA) is 71.4 Å². The number of halogens is 2. The van der Waals surface area contributed by atoms with E-state index < -0.39 is 16.5 Å². The zero-order valence-corrected chi connectivity index (χ0v) is 8.67. The summed E-state index contributed by atoms with van der Waals surface area (Å²) in [6.45, 7) is 0. The van der Waals surface area contributed by atoms with E-state index in [1.54, 1.807) is 0 Å². The van der Waals surface area contributed by atoms with Gasteiger partial charge in [-0.3, -0.25) is 9.59 Å². The molecule has 4 nitrogen and oxygen atoms in total. The molecule has 0 aromatic heterocycles. The fraction of sp³-hybridized carbons (Fsp3) is 0. The van der Waals surface area contributed by atoms with Crippen LogP contribution < -0.4 is 0 Å². The molecule has 0 amide bonds. The van der Waals surface area contributed by atoms with E-state index in [1.807, 2.05) is 0 Å². The van der Waals surface area contributed by atoms with Crippen molar-refractivity contribution in [3.05, 3.63) is 34.9 Å². The van der Waals surface area contributed by atoms with E-state index in [0.717, 1.165) is 12.1 Å². The number of carbonyl (C=O) groups is 3. The maximum absolute atomic E-state index is 10.9. The molecule has 0 spiro atoms. The molecule has 0 unspecified atom stereocenters. The van der Waals surface area contributed by atoms with Crippen LogP contribution in [0.25, 0.3) is 0 Å². The molecule has 0 atom stereocenters. The van der Waals surface area contributed by atoms with Crippen molar-refractivity contribution in [1.82, 2.24) is 0 Å². The third kappa shape index (κ3) is 2.55. The van der Waals surface area contributed by atoms with Gasteiger partial charge in [-0.2, -0.15) is 0 Å². The van der Waals surface area contributed by atoms with Gasteiger partial charge in [0.05, 0.1) is 5.56 Å². The SMILES string of the molecule is O=C(Cl)c1ccc(C(=O)O)c(C(=O)Cl)c1. The third-order valence-corrected chi connectivity index (χ3v) is 2.11. The molecular formula is C9H4Cl2O4. The van der Waals surface area contributed by atoms with E-state index in [9.17, 15) is 14.4 Å². The van der Waals surface area contributed by atoms with Crippen molar-refractivity contribution in [2.75, 3.05) is 0 Å². The van der Waals surface area contributed by atoms with Crippen LogP contribution in [0, 0.1) is 0 Å². The van der Waals surface area contributed by atoms with Gasteiger partial charge in [0.1, 0.15) is 0 Å². The summed E-state index contributed by atoms with van der Waals surface area (Å²) >= 11 is 10.3. The Balaban J connectivity index is 3.40. The number of hydrogen-bond acceptors (Lipinski definition) is 3. The average Bonchev–Trinajstić information content (AvgIpc) is 2.16. The van der Waals surface area contributed by atoms with Crippen LogP contribution in [0.1, 0.15) is 31.1 Å². The second kappa shape index (κ2) is 4.42. The van der Waals surface area contributed by atoms with Crippen LogP contribution in [-0.2, 0) is 0 Å². The summed E-state index contributed by atoms with van der Waals surface area (Å²) in [5.41, 5.74) is -0.502. The van der Waals surface area contributed by atoms with Crippen LogP contribution in [0.4, 0.5) is 0 Å². The van der Waals surface area contributed by atoms with Gasteiger partial charge in [0.25, 0.3) is 10.5 Å². The first-order valence-corrected chi connectivity index (χ1v) is 4.46. The lowest BCUT2D eigenvalue weighted by Crippen LogP contribution is -2.06. The minimum atomic E-state index is -1.30. The van der Waals surface area contributed by atoms with Gasteiger partial charge in [-0.15, -0.1) is 0 Å². The molecule has 6 heteroatoms. The second-order valence-corrected chi connectivity index (χ2v) is 3.30. The predicted octanol–water partition coefficient (Wildman–Crippen LogP) is 2.14. The molecule has 1 rings (SSSR count). The largest absolute Gasteiger partial charge is 0.478 e. The number of rotatable bonds is 3. The van der Waals surface area contributed by atoms with Crippen molar-refractivity contribution in [2.24, 2.45) is 0 Å². The Morgan fingerprint density at radius 3 is 2.00 bits per heavy atom. The monoisotopic (exact) mass is 246 g/mol. The predicted molar refractivity (Wildman–Crippen MR) is 53.8 cm³/mol. The number of benzene rings is 1. The van der Waals surface area contributed by atoms with Gasteiger partial charge < -0.3 is 5.11 Å². The Labute approximate surface area is 94.4 Å². The summed E-state index contributed by atoms with van der Waals surface area (Å²) < 4.78 is 0. The number of hydrogen-bond donors (Lipinski definition) is 1. The Kier molecular flexibility index (Phi) is 3.44. The lowest BCUT2D eigenvalue weighted by molar-refractivity contribution is 0.0693. The minimum Gasteiger partial charge on any atom is -0.478 e. The highest BCUT2D eigenvalue weighted by Gasteiger charge is 2.16.